The Morgan fingerprint density at radius 2 is 2.22 bits per heavy atom. The number of carbonyl (C=O) groups is 1. The highest BCUT2D eigenvalue weighted by molar-refractivity contribution is 5.75. The van der Waals surface area contributed by atoms with E-state index < -0.39 is 37.2 Å². The van der Waals surface area contributed by atoms with E-state index in [9.17, 15) is 14.4 Å². The van der Waals surface area contributed by atoms with Gasteiger partial charge in [0.1, 0.15) is 6.73 Å². The van der Waals surface area contributed by atoms with Gasteiger partial charge in [-0.05, 0) is 12.8 Å². The summed E-state index contributed by atoms with van der Waals surface area (Å²) in [5, 5.41) is 8.95. The van der Waals surface area contributed by atoms with Gasteiger partial charge < -0.3 is 14.6 Å². The maximum Gasteiger partial charge on any atom is 0.332 e. The molecule has 0 spiro atoms. The number of aryl methyl sites for hydroxylation is 2. The minimum Gasteiger partial charge on any atom is -0.376 e. The molecule has 0 atom stereocenters. The minimum absolute atomic E-state index is 0.0742. The zero-order valence-electron chi connectivity index (χ0n) is 17.8. The Hall–Kier alpha value is -2.42. The van der Waals surface area contributed by atoms with Crippen LogP contribution in [0, 0.1) is 0 Å². The Labute approximate surface area is 139 Å². The fourth-order valence-electron chi connectivity index (χ4n) is 2.08. The van der Waals surface area contributed by atoms with Crippen molar-refractivity contribution in [2.24, 2.45) is 14.0 Å². The summed E-state index contributed by atoms with van der Waals surface area (Å²) in [5.41, 5.74) is -2.17. The molecular weight excluding hydrogens is 302 g/mol. The summed E-state index contributed by atoms with van der Waals surface area (Å²) in [7, 11) is 2.72. The molecule has 2 rings (SSSR count). The number of imidazole rings is 1. The topological polar surface area (TPSA) is 102 Å². The Balaban J connectivity index is 2.41. The van der Waals surface area contributed by atoms with Crippen LogP contribution >= 0.6 is 0 Å². The van der Waals surface area contributed by atoms with Crippen molar-refractivity contribution in [2.75, 3.05) is 13.8 Å². The summed E-state index contributed by atoms with van der Waals surface area (Å²) in [6.45, 7) is -3.81. The average Bonchev–Trinajstić information content (AvgIpc) is 2.96. The number of nitrogens with zero attached hydrogens (tertiary/aromatic N) is 5. The molecule has 0 aliphatic heterocycles. The highest BCUT2D eigenvalue weighted by atomic mass is 16.3. The molecule has 0 unspecified atom stereocenters. The first kappa shape index (κ1) is 11.2. The first-order chi connectivity index (χ1) is 12.8. The standard InChI is InChI=1S/C14H21N5O4/c1-16-8-15-12-11(16)13(22)19(14(23)18(12)3)7-5-4-6-10(21)17(2)9-20/h8,20H,4-7,9H2,1-3H3/i3D3,6D2. The fourth-order valence-corrected chi connectivity index (χ4v) is 2.08. The van der Waals surface area contributed by atoms with Gasteiger partial charge in [0.05, 0.1) is 6.33 Å². The molecule has 0 bridgehead atoms. The Morgan fingerprint density at radius 3 is 2.87 bits per heavy atom. The minimum atomic E-state index is -2.87. The first-order valence-corrected chi connectivity index (χ1v) is 6.86. The third-order valence-corrected chi connectivity index (χ3v) is 3.39. The van der Waals surface area contributed by atoms with Gasteiger partial charge in [0, 0.05) is 40.8 Å². The molecule has 2 heterocycles. The number of carbonyl (C=O) groups excluding carboxylic acids is 1. The van der Waals surface area contributed by atoms with Crippen LogP contribution in [-0.2, 0) is 25.4 Å². The lowest BCUT2D eigenvalue weighted by Gasteiger charge is -2.13. The maximum absolute atomic E-state index is 12.7. The number of aliphatic hydroxyl groups excluding tert-OH is 1. The lowest BCUT2D eigenvalue weighted by Crippen LogP contribution is -2.39. The number of hydrogen-bond acceptors (Lipinski definition) is 5. The number of aromatic nitrogens is 4. The van der Waals surface area contributed by atoms with E-state index in [1.807, 2.05) is 0 Å². The van der Waals surface area contributed by atoms with Crippen LogP contribution in [0.25, 0.3) is 11.2 Å². The Bertz CT molecular complexity index is 1010. The Morgan fingerprint density at radius 1 is 1.48 bits per heavy atom. The van der Waals surface area contributed by atoms with Crippen LogP contribution in [0.3, 0.4) is 0 Å². The summed E-state index contributed by atoms with van der Waals surface area (Å²) in [5.74, 6) is -0.940. The smallest absolute Gasteiger partial charge is 0.332 e. The van der Waals surface area contributed by atoms with Crippen molar-refractivity contribution in [1.29, 1.82) is 0 Å². The second kappa shape index (κ2) is 6.78. The summed E-state index contributed by atoms with van der Waals surface area (Å²) >= 11 is 0. The molecule has 9 heteroatoms. The van der Waals surface area contributed by atoms with Gasteiger partial charge in [-0.3, -0.25) is 18.7 Å². The monoisotopic (exact) mass is 328 g/mol. The van der Waals surface area contributed by atoms with Crippen LogP contribution < -0.4 is 11.2 Å². The summed E-state index contributed by atoms with van der Waals surface area (Å²) in [4.78, 5) is 41.8. The van der Waals surface area contributed by atoms with Crippen LogP contribution in [0.1, 0.15) is 26.1 Å². The summed E-state index contributed by atoms with van der Waals surface area (Å²) in [6, 6.07) is 0. The summed E-state index contributed by atoms with van der Waals surface area (Å²) in [6.07, 6.45) is -1.52. The highest BCUT2D eigenvalue weighted by Crippen LogP contribution is 2.04. The molecule has 0 saturated carbocycles. The van der Waals surface area contributed by atoms with E-state index in [1.54, 1.807) is 0 Å². The van der Waals surface area contributed by atoms with Gasteiger partial charge in [-0.25, -0.2) is 9.78 Å². The van der Waals surface area contributed by atoms with Crippen LogP contribution in [-0.4, -0.2) is 48.4 Å². The number of rotatable bonds is 6. The predicted molar refractivity (Wildman–Crippen MR) is 83.9 cm³/mol. The van der Waals surface area contributed by atoms with Crippen molar-refractivity contribution in [3.63, 3.8) is 0 Å². The van der Waals surface area contributed by atoms with Gasteiger partial charge in [0.25, 0.3) is 5.56 Å². The number of amides is 1. The quantitative estimate of drug-likeness (QED) is 0.686. The molecule has 0 fully saturated rings. The zero-order chi connectivity index (χ0) is 21.4. The van der Waals surface area contributed by atoms with Gasteiger partial charge in [-0.15, -0.1) is 0 Å². The molecule has 0 aliphatic rings. The van der Waals surface area contributed by atoms with E-state index in [4.69, 9.17) is 12.0 Å². The number of fused-ring (bicyclic) bond motifs is 1. The van der Waals surface area contributed by atoms with E-state index in [-0.39, 0.29) is 30.6 Å². The second-order valence-electron chi connectivity index (χ2n) is 5.03. The Kier molecular flexibility index (Phi) is 3.29. The normalized spacial score (nSPS) is 15.5. The molecule has 0 saturated heterocycles. The molecule has 0 radical (unpaired) electrons. The van der Waals surface area contributed by atoms with Crippen molar-refractivity contribution in [3.8, 4) is 0 Å². The SMILES string of the molecule is [2H]C([2H])(CCCn1c(=O)c2c(ncn2C)n(C([2H])([2H])[2H])c1=O)C(=O)N(C)CO. The highest BCUT2D eigenvalue weighted by Gasteiger charge is 2.14. The average molecular weight is 328 g/mol. The molecule has 2 aromatic heterocycles. The first-order valence-electron chi connectivity index (χ1n) is 9.36. The molecule has 2 aromatic rings. The lowest BCUT2D eigenvalue weighted by molar-refractivity contribution is -0.133. The third-order valence-electron chi connectivity index (χ3n) is 3.39. The molecule has 126 valence electrons. The molecular formula is C14H21N5O4. The maximum atomic E-state index is 12.7. The van der Waals surface area contributed by atoms with Crippen molar-refractivity contribution in [3.05, 3.63) is 27.2 Å². The van der Waals surface area contributed by atoms with Gasteiger partial charge in [0.15, 0.2) is 11.2 Å². The van der Waals surface area contributed by atoms with Crippen LogP contribution in [0.15, 0.2) is 15.9 Å². The van der Waals surface area contributed by atoms with Crippen molar-refractivity contribution < 1.29 is 16.8 Å². The molecule has 9 nitrogen and oxygen atoms in total. The largest absolute Gasteiger partial charge is 0.376 e. The van der Waals surface area contributed by atoms with E-state index in [2.05, 4.69) is 4.98 Å². The van der Waals surface area contributed by atoms with Crippen LogP contribution in [0.4, 0.5) is 0 Å². The van der Waals surface area contributed by atoms with Crippen molar-refractivity contribution >= 4 is 17.1 Å². The lowest BCUT2D eigenvalue weighted by atomic mass is 10.2. The predicted octanol–water partition coefficient (Wildman–Crippen LogP) is -0.988. The van der Waals surface area contributed by atoms with E-state index in [1.165, 1.54) is 25.0 Å². The van der Waals surface area contributed by atoms with E-state index in [0.717, 1.165) is 4.90 Å². The van der Waals surface area contributed by atoms with E-state index >= 15 is 0 Å². The molecule has 23 heavy (non-hydrogen) atoms. The molecule has 0 aromatic carbocycles. The zero-order valence-corrected chi connectivity index (χ0v) is 12.8. The van der Waals surface area contributed by atoms with Crippen molar-refractivity contribution in [2.45, 2.75) is 25.8 Å². The van der Waals surface area contributed by atoms with Crippen molar-refractivity contribution in [1.82, 2.24) is 23.6 Å². The van der Waals surface area contributed by atoms with Gasteiger partial charge >= 0.3 is 5.69 Å². The molecule has 0 aliphatic carbocycles. The molecule has 1 N–H and O–H groups in total. The van der Waals surface area contributed by atoms with Gasteiger partial charge in [-0.1, -0.05) is 0 Å². The van der Waals surface area contributed by atoms with Gasteiger partial charge in [0.2, 0.25) is 5.91 Å². The van der Waals surface area contributed by atoms with Crippen LogP contribution in [0.5, 0.6) is 0 Å². The van der Waals surface area contributed by atoms with E-state index in [0.29, 0.717) is 9.13 Å². The van der Waals surface area contributed by atoms with Gasteiger partial charge in [-0.2, -0.15) is 0 Å². The molecule has 1 amide bonds. The second-order valence-corrected chi connectivity index (χ2v) is 5.03. The van der Waals surface area contributed by atoms with Crippen LogP contribution in [0.2, 0.25) is 0 Å². The number of aliphatic hydroxyl groups is 1. The fraction of sp³-hybridized carbons (Fsp3) is 0.571. The third kappa shape index (κ3) is 3.19. The summed E-state index contributed by atoms with van der Waals surface area (Å²) < 4.78 is 40.8. The number of hydrogen-bond donors (Lipinski definition) is 1.